The predicted molar refractivity (Wildman–Crippen MR) is 263 cm³/mol. The van der Waals surface area contributed by atoms with Crippen molar-refractivity contribution in [1.29, 1.82) is 0 Å². The van der Waals surface area contributed by atoms with Crippen molar-refractivity contribution in [2.45, 2.75) is 172 Å². The van der Waals surface area contributed by atoms with E-state index in [4.69, 9.17) is 5.73 Å². The molecule has 0 aromatic carbocycles. The molecule has 31 heteroatoms. The van der Waals surface area contributed by atoms with Gasteiger partial charge in [0.1, 0.15) is 48.0 Å². The van der Waals surface area contributed by atoms with Gasteiger partial charge in [-0.1, -0.05) is 57.9 Å². The highest BCUT2D eigenvalue weighted by atomic mass is 16.5. The number of nitrogens with one attached hydrogen (secondary N) is 8. The van der Waals surface area contributed by atoms with E-state index in [9.17, 15) is 98.6 Å². The summed E-state index contributed by atoms with van der Waals surface area (Å²) in [4.78, 5) is 154. The summed E-state index contributed by atoms with van der Waals surface area (Å²) >= 11 is 0. The van der Waals surface area contributed by atoms with Crippen LogP contribution in [-0.4, -0.2) is 210 Å². The predicted octanol–water partition coefficient (Wildman–Crippen LogP) is -5.99. The number of allylic oxidation sites excluding steroid dienone is 1. The average Bonchev–Trinajstić information content (AvgIpc) is 3.38. The molecular formula is C46H77N11O20. The first-order valence-corrected chi connectivity index (χ1v) is 25.1. The number of unbranched alkanes of at least 4 members (excludes halogenated alkanes) is 6. The zero-order valence-corrected chi connectivity index (χ0v) is 43.4. The van der Waals surface area contributed by atoms with Gasteiger partial charge in [-0.05, 0) is 45.4 Å². The van der Waals surface area contributed by atoms with Crippen LogP contribution >= 0.6 is 0 Å². The van der Waals surface area contributed by atoms with Crippen molar-refractivity contribution in [2.75, 3.05) is 32.9 Å². The van der Waals surface area contributed by atoms with Crippen LogP contribution in [0.5, 0.6) is 0 Å². The molecule has 0 aliphatic carbocycles. The SMILES string of the molecule is C/C=C(\NC(=O)[C@H](CCCN(O)C(C)=O)NC(=O)[C@@H](CO)NC(=O)[C@H](CCC(N)=O)NC(=O)[C@H](CO)NC(=O)[C@H](NC(=O)C[C@H](O)CCCCCCCCC)[C@@H](O)C(=O)O)C(=O)N[C@H](CO)C(=O)N[C@@H]1CCCN(O)C1=O. The highest BCUT2D eigenvalue weighted by Gasteiger charge is 2.38. The molecule has 1 aliphatic heterocycles. The van der Waals surface area contributed by atoms with Crippen LogP contribution < -0.4 is 48.3 Å². The molecule has 436 valence electrons. The van der Waals surface area contributed by atoms with Crippen LogP contribution in [0.25, 0.3) is 0 Å². The number of aliphatic carboxylic acids is 1. The molecule has 1 fully saturated rings. The fourth-order valence-corrected chi connectivity index (χ4v) is 7.38. The van der Waals surface area contributed by atoms with Crippen LogP contribution in [0.2, 0.25) is 0 Å². The van der Waals surface area contributed by atoms with Gasteiger partial charge in [-0.15, -0.1) is 0 Å². The van der Waals surface area contributed by atoms with E-state index in [2.05, 4.69) is 38.8 Å². The number of nitrogens with zero attached hydrogens (tertiary/aromatic N) is 2. The average molecular weight is 1100 g/mol. The maximum Gasteiger partial charge on any atom is 0.335 e. The lowest BCUT2D eigenvalue weighted by atomic mass is 10.0. The molecule has 0 aromatic rings. The standard InChI is InChI=1S/C46H77N11O20/c1-4-6-7-8-9-10-11-14-26(62)21-35(64)55-36(37(65)46(74)75)44(72)54-33(24-60)42(70)50-29(17-18-34(47)63)40(68)53-31(22-58)41(69)49-28(15-12-19-56(76)25(3)61)39(67)48-27(5-2)38(66)52-32(23-59)43(71)51-30-16-13-20-57(77)45(30)73/h5,26,28-33,36-37,58-60,62,65,76-77H,4,6-24H2,1-3H3,(H2,47,63)(H,48,67)(H,49,69)(H,50,70)(H,51,71)(H,52,66)(H,53,68)(H,54,72)(H,55,64)(H,74,75)/b27-5-/t26-,28+,29+,30-,31-,32-,33+,36-,37-/m1/s1. The number of amides is 11. The first-order valence-electron chi connectivity index (χ1n) is 25.1. The van der Waals surface area contributed by atoms with Crippen molar-refractivity contribution in [3.8, 4) is 0 Å². The van der Waals surface area contributed by atoms with Crippen LogP contribution in [0.1, 0.15) is 117 Å². The monoisotopic (exact) mass is 1100 g/mol. The highest BCUT2D eigenvalue weighted by Crippen LogP contribution is 2.13. The van der Waals surface area contributed by atoms with E-state index < -0.39 is 183 Å². The molecule has 1 rings (SSSR count). The molecule has 0 radical (unpaired) electrons. The Kier molecular flexibility index (Phi) is 32.0. The number of carbonyl (C=O) groups excluding carboxylic acids is 11. The van der Waals surface area contributed by atoms with Crippen molar-refractivity contribution < 1.29 is 98.6 Å². The van der Waals surface area contributed by atoms with E-state index in [1.165, 1.54) is 6.92 Å². The summed E-state index contributed by atoms with van der Waals surface area (Å²) in [5.41, 5.74) is 4.70. The van der Waals surface area contributed by atoms with Gasteiger partial charge in [0.15, 0.2) is 6.10 Å². The molecular weight excluding hydrogens is 1030 g/mol. The fourth-order valence-electron chi connectivity index (χ4n) is 7.38. The Labute approximate surface area is 443 Å². The van der Waals surface area contributed by atoms with Gasteiger partial charge in [-0.3, -0.25) is 63.2 Å². The first kappa shape index (κ1) is 68.1. The molecule has 1 saturated heterocycles. The number of carboxylic acid groups (broad SMARTS) is 1. The fraction of sp³-hybridized carbons (Fsp3) is 0.696. The number of hydrogen-bond donors (Lipinski definition) is 17. The molecule has 11 amide bonds. The minimum absolute atomic E-state index is 0.0184. The Balaban J connectivity index is 3.24. The van der Waals surface area contributed by atoms with Gasteiger partial charge in [-0.2, -0.15) is 0 Å². The van der Waals surface area contributed by atoms with Gasteiger partial charge in [0, 0.05) is 26.4 Å². The van der Waals surface area contributed by atoms with E-state index in [1.54, 1.807) is 0 Å². The second-order valence-corrected chi connectivity index (χ2v) is 18.1. The van der Waals surface area contributed by atoms with Gasteiger partial charge in [0.25, 0.3) is 11.8 Å². The number of nitrogens with two attached hydrogens (primary N) is 1. The number of hydroxylamine groups is 4. The molecule has 9 atom stereocenters. The molecule has 18 N–H and O–H groups in total. The van der Waals surface area contributed by atoms with E-state index in [0.717, 1.165) is 51.5 Å². The lowest BCUT2D eigenvalue weighted by molar-refractivity contribution is -0.173. The van der Waals surface area contributed by atoms with Gasteiger partial charge in [0.05, 0.1) is 32.3 Å². The quantitative estimate of drug-likeness (QED) is 0.0119. The third-order valence-electron chi connectivity index (χ3n) is 11.9. The number of piperidine rings is 1. The van der Waals surface area contributed by atoms with Crippen molar-refractivity contribution >= 4 is 70.9 Å². The Morgan fingerprint density at radius 3 is 1.75 bits per heavy atom. The van der Waals surface area contributed by atoms with Gasteiger partial charge < -0.3 is 78.9 Å². The van der Waals surface area contributed by atoms with Crippen LogP contribution in [0, 0.1) is 0 Å². The minimum atomic E-state index is -2.61. The lowest BCUT2D eigenvalue weighted by Gasteiger charge is -2.29. The summed E-state index contributed by atoms with van der Waals surface area (Å²) in [6, 6.07) is -12.8. The number of carbonyl (C=O) groups is 12. The van der Waals surface area contributed by atoms with Crippen molar-refractivity contribution in [3.63, 3.8) is 0 Å². The molecule has 0 saturated carbocycles. The minimum Gasteiger partial charge on any atom is -0.479 e. The van der Waals surface area contributed by atoms with E-state index >= 15 is 0 Å². The summed E-state index contributed by atoms with van der Waals surface area (Å²) in [5, 5.41) is 97.8. The van der Waals surface area contributed by atoms with Crippen molar-refractivity contribution in [1.82, 2.24) is 52.7 Å². The van der Waals surface area contributed by atoms with Crippen LogP contribution in [0.3, 0.4) is 0 Å². The summed E-state index contributed by atoms with van der Waals surface area (Å²) in [6.45, 7) is 0.533. The molecule has 0 aromatic heterocycles. The van der Waals surface area contributed by atoms with E-state index in [1.807, 2.05) is 10.6 Å². The van der Waals surface area contributed by atoms with Crippen LogP contribution in [-0.2, 0) is 57.5 Å². The third kappa shape index (κ3) is 25.2. The van der Waals surface area contributed by atoms with Crippen molar-refractivity contribution in [2.24, 2.45) is 5.73 Å². The second kappa shape index (κ2) is 36.2. The third-order valence-corrected chi connectivity index (χ3v) is 11.9. The number of aliphatic hydroxyl groups is 5. The largest absolute Gasteiger partial charge is 0.479 e. The summed E-state index contributed by atoms with van der Waals surface area (Å²) in [5.74, 6) is -14.5. The highest BCUT2D eigenvalue weighted by molar-refractivity contribution is 6.02. The smallest absolute Gasteiger partial charge is 0.335 e. The number of rotatable bonds is 37. The normalized spacial score (nSPS) is 16.6. The Morgan fingerprint density at radius 1 is 0.701 bits per heavy atom. The zero-order chi connectivity index (χ0) is 58.4. The molecule has 1 aliphatic rings. The van der Waals surface area contributed by atoms with Gasteiger partial charge in [-0.25, -0.2) is 14.9 Å². The summed E-state index contributed by atoms with van der Waals surface area (Å²) in [7, 11) is 0. The molecule has 31 nitrogen and oxygen atoms in total. The van der Waals surface area contributed by atoms with E-state index in [-0.39, 0.29) is 30.9 Å². The maximum atomic E-state index is 13.7. The molecule has 1 heterocycles. The van der Waals surface area contributed by atoms with Gasteiger partial charge >= 0.3 is 5.97 Å². The molecule has 0 spiro atoms. The Hall–Kier alpha value is -6.90. The summed E-state index contributed by atoms with van der Waals surface area (Å²) in [6.07, 6.45) is 1.93. The lowest BCUT2D eigenvalue weighted by Crippen LogP contribution is -2.62. The second-order valence-electron chi connectivity index (χ2n) is 18.1. The Bertz CT molecular complexity index is 2060. The summed E-state index contributed by atoms with van der Waals surface area (Å²) < 4.78 is 0. The molecule has 0 unspecified atom stereocenters. The number of aliphatic hydroxyl groups excluding tert-OH is 5. The van der Waals surface area contributed by atoms with Gasteiger partial charge in [0.2, 0.25) is 53.2 Å². The topological polar surface area (TPSA) is 495 Å². The number of hydrogen-bond acceptors (Lipinski definition) is 19. The maximum absolute atomic E-state index is 13.7. The van der Waals surface area contributed by atoms with Crippen LogP contribution in [0.4, 0.5) is 0 Å². The Morgan fingerprint density at radius 2 is 1.22 bits per heavy atom. The number of carboxylic acids is 1. The zero-order valence-electron chi connectivity index (χ0n) is 43.4. The van der Waals surface area contributed by atoms with Crippen molar-refractivity contribution in [3.05, 3.63) is 11.8 Å². The van der Waals surface area contributed by atoms with Crippen LogP contribution in [0.15, 0.2) is 11.8 Å². The van der Waals surface area contributed by atoms with E-state index in [0.29, 0.717) is 17.9 Å². The molecule has 77 heavy (non-hydrogen) atoms. The first-order chi connectivity index (χ1) is 36.3. The molecule has 0 bridgehead atoms. The number of primary amides is 1.